The van der Waals surface area contributed by atoms with Crippen LogP contribution in [0.25, 0.3) is 0 Å². The van der Waals surface area contributed by atoms with Crippen LogP contribution in [0.3, 0.4) is 0 Å². The van der Waals surface area contributed by atoms with E-state index in [0.717, 1.165) is 6.42 Å². The Balaban J connectivity index is 1.80. The first kappa shape index (κ1) is 14.6. The fraction of sp³-hybridized carbons (Fsp3) is 0.600. The van der Waals surface area contributed by atoms with Crippen molar-refractivity contribution < 1.29 is 14.4 Å². The molecule has 5 nitrogen and oxygen atoms in total. The third-order valence-corrected chi connectivity index (χ3v) is 6.13. The maximum Gasteiger partial charge on any atom is 0.273 e. The van der Waals surface area contributed by atoms with E-state index < -0.39 is 4.92 Å². The van der Waals surface area contributed by atoms with Gasteiger partial charge >= 0.3 is 0 Å². The second-order valence-corrected chi connectivity index (χ2v) is 6.95. The number of ether oxygens (including phenoxy) is 2. The molecule has 2 aliphatic carbocycles. The Morgan fingerprint density at radius 1 is 1.33 bits per heavy atom. The summed E-state index contributed by atoms with van der Waals surface area (Å²) in [6.07, 6.45) is 6.00. The SMILES string of the molecule is COc1cc([N+](=O)[O-])ccc1OC1CC(Br)C12CCCC2. The highest BCUT2D eigenvalue weighted by Gasteiger charge is 2.56. The molecule has 0 N–H and O–H groups in total. The molecule has 1 spiro atoms. The topological polar surface area (TPSA) is 61.6 Å². The van der Waals surface area contributed by atoms with Crippen LogP contribution in [0, 0.1) is 15.5 Å². The number of non-ortho nitro benzene ring substituents is 1. The molecule has 0 saturated heterocycles. The molecule has 21 heavy (non-hydrogen) atoms. The summed E-state index contributed by atoms with van der Waals surface area (Å²) in [7, 11) is 1.51. The summed E-state index contributed by atoms with van der Waals surface area (Å²) in [4.78, 5) is 10.9. The average molecular weight is 356 g/mol. The third kappa shape index (κ3) is 2.39. The number of benzene rings is 1. The first-order chi connectivity index (χ1) is 10.1. The smallest absolute Gasteiger partial charge is 0.273 e. The molecule has 3 rings (SSSR count). The maximum atomic E-state index is 10.8. The van der Waals surface area contributed by atoms with E-state index in [1.807, 2.05) is 0 Å². The quantitative estimate of drug-likeness (QED) is 0.463. The first-order valence-electron chi connectivity index (χ1n) is 7.20. The summed E-state index contributed by atoms with van der Waals surface area (Å²) >= 11 is 3.76. The molecule has 1 aromatic rings. The van der Waals surface area contributed by atoms with Crippen LogP contribution >= 0.6 is 15.9 Å². The number of nitrogens with zero attached hydrogens (tertiary/aromatic N) is 1. The van der Waals surface area contributed by atoms with Crippen LogP contribution in [0.5, 0.6) is 11.5 Å². The number of nitro benzene ring substituents is 1. The van der Waals surface area contributed by atoms with E-state index >= 15 is 0 Å². The van der Waals surface area contributed by atoms with E-state index in [4.69, 9.17) is 9.47 Å². The number of nitro groups is 1. The van der Waals surface area contributed by atoms with Crippen LogP contribution < -0.4 is 9.47 Å². The number of hydrogen-bond donors (Lipinski definition) is 0. The normalized spacial score (nSPS) is 26.4. The zero-order valence-corrected chi connectivity index (χ0v) is 13.5. The van der Waals surface area contributed by atoms with Crippen molar-refractivity contribution in [1.29, 1.82) is 0 Å². The predicted molar refractivity (Wildman–Crippen MR) is 82.3 cm³/mol. The highest BCUT2D eigenvalue weighted by Crippen LogP contribution is 2.58. The van der Waals surface area contributed by atoms with Crippen LogP contribution in [0.4, 0.5) is 5.69 Å². The van der Waals surface area contributed by atoms with Gasteiger partial charge in [-0.25, -0.2) is 0 Å². The van der Waals surface area contributed by atoms with Gasteiger partial charge in [-0.3, -0.25) is 10.1 Å². The Morgan fingerprint density at radius 2 is 2.05 bits per heavy atom. The molecule has 0 heterocycles. The van der Waals surface area contributed by atoms with Gasteiger partial charge < -0.3 is 9.47 Å². The van der Waals surface area contributed by atoms with Gasteiger partial charge in [-0.1, -0.05) is 28.8 Å². The minimum Gasteiger partial charge on any atom is -0.493 e. The van der Waals surface area contributed by atoms with E-state index in [1.54, 1.807) is 6.07 Å². The molecule has 0 aromatic heterocycles. The first-order valence-corrected chi connectivity index (χ1v) is 8.11. The largest absolute Gasteiger partial charge is 0.493 e. The second-order valence-electron chi connectivity index (χ2n) is 5.84. The lowest BCUT2D eigenvalue weighted by Crippen LogP contribution is -2.55. The standard InChI is InChI=1S/C15H18BrNO4/c1-20-12-8-10(17(18)19)4-5-11(12)21-14-9-13(16)15(14)6-2-3-7-15/h4-5,8,13-14H,2-3,6-7,9H2,1H3. The number of methoxy groups -OCH3 is 1. The molecule has 1 aromatic carbocycles. The Kier molecular flexibility index (Phi) is 3.82. The molecule has 2 unspecified atom stereocenters. The van der Waals surface area contributed by atoms with E-state index in [2.05, 4.69) is 15.9 Å². The number of hydrogen-bond acceptors (Lipinski definition) is 4. The molecular weight excluding hydrogens is 338 g/mol. The number of halogens is 1. The van der Waals surface area contributed by atoms with Gasteiger partial charge in [0, 0.05) is 16.3 Å². The molecule has 0 radical (unpaired) electrons. The molecule has 2 saturated carbocycles. The molecule has 0 aliphatic heterocycles. The highest BCUT2D eigenvalue weighted by molar-refractivity contribution is 9.09. The number of alkyl halides is 1. The van der Waals surface area contributed by atoms with Crippen molar-refractivity contribution in [2.75, 3.05) is 7.11 Å². The van der Waals surface area contributed by atoms with E-state index in [1.165, 1.54) is 44.9 Å². The van der Waals surface area contributed by atoms with Crippen molar-refractivity contribution in [2.45, 2.75) is 43.0 Å². The average Bonchev–Trinajstić information content (AvgIpc) is 2.99. The van der Waals surface area contributed by atoms with Crippen LogP contribution in [0.1, 0.15) is 32.1 Å². The lowest BCUT2D eigenvalue weighted by atomic mass is 9.64. The van der Waals surface area contributed by atoms with Gasteiger partial charge in [-0.05, 0) is 25.3 Å². The Hall–Kier alpha value is -1.30. The summed E-state index contributed by atoms with van der Waals surface area (Å²) in [6, 6.07) is 4.52. The van der Waals surface area contributed by atoms with Crippen LogP contribution in [0.2, 0.25) is 0 Å². The lowest BCUT2D eigenvalue weighted by Gasteiger charge is -2.51. The summed E-state index contributed by atoms with van der Waals surface area (Å²) < 4.78 is 11.4. The molecule has 0 amide bonds. The zero-order chi connectivity index (χ0) is 15.0. The van der Waals surface area contributed by atoms with Crippen molar-refractivity contribution in [2.24, 2.45) is 5.41 Å². The minimum absolute atomic E-state index is 0.0155. The minimum atomic E-state index is -0.428. The lowest BCUT2D eigenvalue weighted by molar-refractivity contribution is -0.385. The van der Waals surface area contributed by atoms with Crippen molar-refractivity contribution >= 4 is 21.6 Å². The molecule has 114 valence electrons. The van der Waals surface area contributed by atoms with Gasteiger partial charge in [0.2, 0.25) is 0 Å². The van der Waals surface area contributed by atoms with Gasteiger partial charge in [-0.15, -0.1) is 0 Å². The zero-order valence-electron chi connectivity index (χ0n) is 11.9. The van der Waals surface area contributed by atoms with Gasteiger partial charge in [-0.2, -0.15) is 0 Å². The van der Waals surface area contributed by atoms with Crippen LogP contribution in [-0.2, 0) is 0 Å². The van der Waals surface area contributed by atoms with E-state index in [-0.39, 0.29) is 17.2 Å². The van der Waals surface area contributed by atoms with Crippen LogP contribution in [-0.4, -0.2) is 23.0 Å². The Morgan fingerprint density at radius 3 is 2.62 bits per heavy atom. The monoisotopic (exact) mass is 355 g/mol. The predicted octanol–water partition coefficient (Wildman–Crippen LogP) is 4.08. The molecular formula is C15H18BrNO4. The summed E-state index contributed by atoms with van der Waals surface area (Å²) in [5.74, 6) is 1.02. The van der Waals surface area contributed by atoms with Crippen molar-refractivity contribution in [3.05, 3.63) is 28.3 Å². The van der Waals surface area contributed by atoms with Gasteiger partial charge in [0.05, 0.1) is 18.1 Å². The Bertz CT molecular complexity index is 557. The molecule has 2 aliphatic rings. The fourth-order valence-electron chi connectivity index (χ4n) is 3.55. The molecule has 2 fully saturated rings. The van der Waals surface area contributed by atoms with E-state index in [9.17, 15) is 10.1 Å². The van der Waals surface area contributed by atoms with Crippen molar-refractivity contribution in [1.82, 2.24) is 0 Å². The van der Waals surface area contributed by atoms with Gasteiger partial charge in [0.25, 0.3) is 5.69 Å². The van der Waals surface area contributed by atoms with Crippen LogP contribution in [0.15, 0.2) is 18.2 Å². The maximum absolute atomic E-state index is 10.8. The van der Waals surface area contributed by atoms with Crippen molar-refractivity contribution in [3.8, 4) is 11.5 Å². The molecule has 2 atom stereocenters. The van der Waals surface area contributed by atoms with Gasteiger partial charge in [0.15, 0.2) is 11.5 Å². The highest BCUT2D eigenvalue weighted by atomic mass is 79.9. The van der Waals surface area contributed by atoms with Crippen molar-refractivity contribution in [3.63, 3.8) is 0 Å². The summed E-state index contributed by atoms with van der Waals surface area (Å²) in [5.41, 5.74) is 0.244. The number of rotatable bonds is 4. The van der Waals surface area contributed by atoms with Gasteiger partial charge in [0.1, 0.15) is 6.10 Å². The molecule has 6 heteroatoms. The molecule has 0 bridgehead atoms. The fourth-order valence-corrected chi connectivity index (χ4v) is 4.65. The second kappa shape index (κ2) is 5.48. The third-order valence-electron chi connectivity index (χ3n) is 4.85. The van der Waals surface area contributed by atoms with E-state index in [0.29, 0.717) is 16.3 Å². The summed E-state index contributed by atoms with van der Waals surface area (Å²) in [5, 5.41) is 10.8. The Labute approximate surface area is 131 Å². The summed E-state index contributed by atoms with van der Waals surface area (Å²) in [6.45, 7) is 0.